The second kappa shape index (κ2) is 5.65. The zero-order chi connectivity index (χ0) is 15.6. The summed E-state index contributed by atoms with van der Waals surface area (Å²) >= 11 is 5.57. The Kier molecular flexibility index (Phi) is 4.09. The van der Waals surface area contributed by atoms with Gasteiger partial charge in [0.25, 0.3) is 0 Å². The Hall–Kier alpha value is -2.21. The number of carboxylic acids is 1. The highest BCUT2D eigenvalue weighted by molar-refractivity contribution is 6.31. The monoisotopic (exact) mass is 316 g/mol. The lowest BCUT2D eigenvalue weighted by Crippen LogP contribution is -2.05. The van der Waals surface area contributed by atoms with Gasteiger partial charge in [0.15, 0.2) is 0 Å². The Balaban J connectivity index is 2.27. The third kappa shape index (κ3) is 3.66. The van der Waals surface area contributed by atoms with Crippen LogP contribution in [0.3, 0.4) is 0 Å². The van der Waals surface area contributed by atoms with Crippen LogP contribution in [-0.2, 0) is 6.18 Å². The highest BCUT2D eigenvalue weighted by Crippen LogP contribution is 2.37. The van der Waals surface area contributed by atoms with E-state index in [-0.39, 0.29) is 17.1 Å². The average Bonchev–Trinajstić information content (AvgIpc) is 2.37. The van der Waals surface area contributed by atoms with Gasteiger partial charge in [0, 0.05) is 6.07 Å². The predicted octanol–water partition coefficient (Wildman–Crippen LogP) is 4.85. The van der Waals surface area contributed by atoms with Crippen molar-refractivity contribution < 1.29 is 27.8 Å². The summed E-state index contributed by atoms with van der Waals surface area (Å²) in [6.07, 6.45) is -4.54. The quantitative estimate of drug-likeness (QED) is 0.880. The number of aromatic carboxylic acids is 1. The molecule has 1 N–H and O–H groups in total. The summed E-state index contributed by atoms with van der Waals surface area (Å²) in [5, 5.41) is 8.35. The van der Waals surface area contributed by atoms with Crippen LogP contribution in [0.2, 0.25) is 5.02 Å². The van der Waals surface area contributed by atoms with Crippen molar-refractivity contribution in [2.24, 2.45) is 0 Å². The SMILES string of the molecule is O=C(O)c1cccc(Oc2ccc(C(F)(F)F)c(Cl)c2)c1. The molecule has 2 aromatic rings. The smallest absolute Gasteiger partial charge is 0.417 e. The maximum atomic E-state index is 12.6. The summed E-state index contributed by atoms with van der Waals surface area (Å²) in [5.74, 6) is -0.868. The molecule has 0 atom stereocenters. The van der Waals surface area contributed by atoms with Gasteiger partial charge in [-0.25, -0.2) is 4.79 Å². The molecule has 0 saturated carbocycles. The molecule has 2 aromatic carbocycles. The van der Waals surface area contributed by atoms with E-state index in [9.17, 15) is 18.0 Å². The molecule has 0 spiro atoms. The van der Waals surface area contributed by atoms with E-state index in [2.05, 4.69) is 0 Å². The van der Waals surface area contributed by atoms with Crippen molar-refractivity contribution >= 4 is 17.6 Å². The maximum absolute atomic E-state index is 12.6. The molecular formula is C14H8ClF3O3. The Morgan fingerprint density at radius 3 is 2.33 bits per heavy atom. The third-order valence-electron chi connectivity index (χ3n) is 2.56. The van der Waals surface area contributed by atoms with E-state index >= 15 is 0 Å². The Labute approximate surface area is 122 Å². The number of rotatable bonds is 3. The lowest BCUT2D eigenvalue weighted by atomic mass is 10.2. The average molecular weight is 317 g/mol. The number of hydrogen-bond donors (Lipinski definition) is 1. The molecule has 7 heteroatoms. The molecule has 0 radical (unpaired) electrons. The van der Waals surface area contributed by atoms with Gasteiger partial charge in [0.05, 0.1) is 16.1 Å². The number of ether oxygens (including phenoxy) is 1. The number of alkyl halides is 3. The normalized spacial score (nSPS) is 11.2. The van der Waals surface area contributed by atoms with Crippen molar-refractivity contribution in [3.8, 4) is 11.5 Å². The minimum absolute atomic E-state index is 0.00510. The van der Waals surface area contributed by atoms with Crippen LogP contribution in [0.1, 0.15) is 15.9 Å². The number of benzene rings is 2. The molecule has 110 valence electrons. The summed E-state index contributed by atoms with van der Waals surface area (Å²) in [4.78, 5) is 10.8. The highest BCUT2D eigenvalue weighted by Gasteiger charge is 2.33. The molecule has 0 aliphatic rings. The maximum Gasteiger partial charge on any atom is 0.417 e. The van der Waals surface area contributed by atoms with Crippen molar-refractivity contribution in [3.63, 3.8) is 0 Å². The fourth-order valence-electron chi connectivity index (χ4n) is 1.62. The lowest BCUT2D eigenvalue weighted by Gasteiger charge is -2.11. The second-order valence-electron chi connectivity index (χ2n) is 4.07. The van der Waals surface area contributed by atoms with Gasteiger partial charge in [0.2, 0.25) is 0 Å². The minimum atomic E-state index is -4.54. The summed E-state index contributed by atoms with van der Waals surface area (Å²) in [7, 11) is 0. The van der Waals surface area contributed by atoms with Crippen molar-refractivity contribution in [1.82, 2.24) is 0 Å². The first-order chi connectivity index (χ1) is 9.77. The molecule has 2 rings (SSSR count). The van der Waals surface area contributed by atoms with E-state index < -0.39 is 22.7 Å². The molecule has 0 unspecified atom stereocenters. The molecule has 21 heavy (non-hydrogen) atoms. The highest BCUT2D eigenvalue weighted by atomic mass is 35.5. The Bertz CT molecular complexity index is 683. The van der Waals surface area contributed by atoms with E-state index in [1.807, 2.05) is 0 Å². The molecule has 0 aromatic heterocycles. The first kappa shape index (κ1) is 15.2. The van der Waals surface area contributed by atoms with Gasteiger partial charge in [-0.2, -0.15) is 13.2 Å². The topological polar surface area (TPSA) is 46.5 Å². The van der Waals surface area contributed by atoms with Crippen LogP contribution in [0.15, 0.2) is 42.5 Å². The standard InChI is InChI=1S/C14H8ClF3O3/c15-12-7-10(4-5-11(12)14(16,17)18)21-9-3-1-2-8(6-9)13(19)20/h1-7H,(H,19,20). The molecule has 0 aliphatic carbocycles. The van der Waals surface area contributed by atoms with E-state index in [4.69, 9.17) is 21.4 Å². The van der Waals surface area contributed by atoms with Crippen molar-refractivity contribution in [1.29, 1.82) is 0 Å². The zero-order valence-corrected chi connectivity index (χ0v) is 11.1. The van der Waals surface area contributed by atoms with E-state index in [0.717, 1.165) is 18.2 Å². The van der Waals surface area contributed by atoms with Crippen LogP contribution >= 0.6 is 11.6 Å². The Morgan fingerprint density at radius 2 is 1.76 bits per heavy atom. The number of halogens is 4. The Morgan fingerprint density at radius 1 is 1.10 bits per heavy atom. The van der Waals surface area contributed by atoms with Crippen LogP contribution in [-0.4, -0.2) is 11.1 Å². The molecule has 0 heterocycles. The summed E-state index contributed by atoms with van der Waals surface area (Å²) in [6, 6.07) is 8.52. The summed E-state index contributed by atoms with van der Waals surface area (Å²) in [6.45, 7) is 0. The van der Waals surface area contributed by atoms with E-state index in [1.165, 1.54) is 24.3 Å². The second-order valence-corrected chi connectivity index (χ2v) is 4.48. The van der Waals surface area contributed by atoms with Crippen LogP contribution < -0.4 is 4.74 Å². The molecule has 3 nitrogen and oxygen atoms in total. The molecule has 0 saturated heterocycles. The first-order valence-electron chi connectivity index (χ1n) is 5.65. The van der Waals surface area contributed by atoms with Gasteiger partial charge in [-0.3, -0.25) is 0 Å². The fourth-order valence-corrected chi connectivity index (χ4v) is 1.90. The van der Waals surface area contributed by atoms with Gasteiger partial charge in [-0.15, -0.1) is 0 Å². The summed E-state index contributed by atoms with van der Waals surface area (Å²) < 4.78 is 43.0. The van der Waals surface area contributed by atoms with Gasteiger partial charge in [-0.05, 0) is 30.3 Å². The van der Waals surface area contributed by atoms with Crippen LogP contribution in [0.25, 0.3) is 0 Å². The summed E-state index contributed by atoms with van der Waals surface area (Å²) in [5.41, 5.74) is -0.957. The van der Waals surface area contributed by atoms with Crippen molar-refractivity contribution in [2.45, 2.75) is 6.18 Å². The van der Waals surface area contributed by atoms with Crippen molar-refractivity contribution in [2.75, 3.05) is 0 Å². The molecule has 0 fully saturated rings. The van der Waals surface area contributed by atoms with Gasteiger partial charge >= 0.3 is 12.1 Å². The molecule has 0 bridgehead atoms. The predicted molar refractivity (Wildman–Crippen MR) is 69.9 cm³/mol. The number of carboxylic acid groups (broad SMARTS) is 1. The largest absolute Gasteiger partial charge is 0.478 e. The molecular weight excluding hydrogens is 309 g/mol. The van der Waals surface area contributed by atoms with Crippen LogP contribution in [0.5, 0.6) is 11.5 Å². The van der Waals surface area contributed by atoms with E-state index in [1.54, 1.807) is 0 Å². The minimum Gasteiger partial charge on any atom is -0.478 e. The van der Waals surface area contributed by atoms with Crippen LogP contribution in [0.4, 0.5) is 13.2 Å². The zero-order valence-electron chi connectivity index (χ0n) is 10.3. The number of carbonyl (C=O) groups is 1. The fraction of sp³-hybridized carbons (Fsp3) is 0.0714. The van der Waals surface area contributed by atoms with Gasteiger partial charge in [0.1, 0.15) is 11.5 Å². The van der Waals surface area contributed by atoms with Crippen molar-refractivity contribution in [3.05, 3.63) is 58.6 Å². The first-order valence-corrected chi connectivity index (χ1v) is 6.03. The third-order valence-corrected chi connectivity index (χ3v) is 2.88. The van der Waals surface area contributed by atoms with Gasteiger partial charge in [-0.1, -0.05) is 17.7 Å². The van der Waals surface area contributed by atoms with E-state index in [0.29, 0.717) is 0 Å². The molecule has 0 amide bonds. The molecule has 0 aliphatic heterocycles. The van der Waals surface area contributed by atoms with Crippen LogP contribution in [0, 0.1) is 0 Å². The number of hydrogen-bond acceptors (Lipinski definition) is 2. The van der Waals surface area contributed by atoms with Gasteiger partial charge < -0.3 is 9.84 Å². The lowest BCUT2D eigenvalue weighted by molar-refractivity contribution is -0.137.